The largest absolute Gasteiger partial charge is 0.497 e. The summed E-state index contributed by atoms with van der Waals surface area (Å²) in [5.74, 6) is 0.396. The van der Waals surface area contributed by atoms with Gasteiger partial charge in [-0.25, -0.2) is 4.68 Å². The minimum atomic E-state index is -0.686. The van der Waals surface area contributed by atoms with Gasteiger partial charge < -0.3 is 14.8 Å². The van der Waals surface area contributed by atoms with Gasteiger partial charge in [0.2, 0.25) is 0 Å². The molecule has 7 nitrogen and oxygen atoms in total. The molecule has 1 N–H and O–H groups in total. The quantitative estimate of drug-likeness (QED) is 0.812. The van der Waals surface area contributed by atoms with E-state index in [0.29, 0.717) is 0 Å². The number of methoxy groups -OCH3 is 1. The summed E-state index contributed by atoms with van der Waals surface area (Å²) >= 11 is 0. The van der Waals surface area contributed by atoms with E-state index in [1.807, 2.05) is 49.0 Å². The van der Waals surface area contributed by atoms with Crippen molar-refractivity contribution in [2.45, 2.75) is 58.6 Å². The van der Waals surface area contributed by atoms with Crippen molar-refractivity contribution in [1.82, 2.24) is 15.1 Å². The van der Waals surface area contributed by atoms with Crippen LogP contribution in [0.15, 0.2) is 42.3 Å². The van der Waals surface area contributed by atoms with Crippen LogP contribution in [0, 0.1) is 5.41 Å². The van der Waals surface area contributed by atoms with Crippen LogP contribution in [0.4, 0.5) is 0 Å². The number of ether oxygens (including phenoxy) is 2. The maximum absolute atomic E-state index is 13.0. The molecule has 2 aliphatic rings. The molecule has 7 heteroatoms. The van der Waals surface area contributed by atoms with Crippen molar-refractivity contribution < 1.29 is 19.1 Å². The predicted octanol–water partition coefficient (Wildman–Crippen LogP) is 3.66. The highest BCUT2D eigenvalue weighted by molar-refractivity contribution is 6.01. The summed E-state index contributed by atoms with van der Waals surface area (Å²) in [6.07, 6.45) is 5.00. The first-order valence-electron chi connectivity index (χ1n) is 10.5. The molecule has 1 aromatic heterocycles. The smallest absolute Gasteiger partial charge is 0.286 e. The van der Waals surface area contributed by atoms with E-state index in [1.165, 1.54) is 6.08 Å². The van der Waals surface area contributed by atoms with Crippen LogP contribution in [0.1, 0.15) is 57.8 Å². The van der Waals surface area contributed by atoms with Gasteiger partial charge in [-0.15, -0.1) is 0 Å². The topological polar surface area (TPSA) is 82.5 Å². The summed E-state index contributed by atoms with van der Waals surface area (Å²) in [7, 11) is 1.64. The van der Waals surface area contributed by atoms with E-state index in [9.17, 15) is 9.59 Å². The molecule has 0 fully saturated rings. The van der Waals surface area contributed by atoms with Crippen molar-refractivity contribution in [3.63, 3.8) is 0 Å². The highest BCUT2D eigenvalue weighted by Crippen LogP contribution is 2.41. The van der Waals surface area contributed by atoms with Crippen LogP contribution in [0.3, 0.4) is 0 Å². The van der Waals surface area contributed by atoms with Gasteiger partial charge in [-0.05, 0) is 56.4 Å². The van der Waals surface area contributed by atoms with Crippen LogP contribution in [-0.2, 0) is 20.7 Å². The fourth-order valence-corrected chi connectivity index (χ4v) is 4.44. The van der Waals surface area contributed by atoms with Gasteiger partial charge in [0, 0.05) is 18.1 Å². The third-order valence-electron chi connectivity index (χ3n) is 5.80. The number of rotatable bonds is 4. The first kappa shape index (κ1) is 21.2. The second-order valence-electron chi connectivity index (χ2n) is 9.74. The number of hydrogen-bond acceptors (Lipinski definition) is 5. The van der Waals surface area contributed by atoms with Crippen LogP contribution in [0.25, 0.3) is 5.69 Å². The second-order valence-corrected chi connectivity index (χ2v) is 9.74. The Morgan fingerprint density at radius 3 is 2.55 bits per heavy atom. The lowest BCUT2D eigenvalue weighted by Crippen LogP contribution is -2.41. The number of aromatic nitrogens is 2. The number of ketones is 1. The average Bonchev–Trinajstić information content (AvgIpc) is 3.09. The monoisotopic (exact) mass is 423 g/mol. The summed E-state index contributed by atoms with van der Waals surface area (Å²) in [4.78, 5) is 25.0. The summed E-state index contributed by atoms with van der Waals surface area (Å²) in [6.45, 7) is 7.99. The zero-order chi connectivity index (χ0) is 22.4. The lowest BCUT2D eigenvalue weighted by Gasteiger charge is -2.36. The molecule has 1 aliphatic heterocycles. The van der Waals surface area contributed by atoms with Crippen molar-refractivity contribution >= 4 is 11.7 Å². The van der Waals surface area contributed by atoms with Gasteiger partial charge in [0.15, 0.2) is 11.5 Å². The molecule has 2 heterocycles. The maximum Gasteiger partial charge on any atom is 0.286 e. The van der Waals surface area contributed by atoms with Gasteiger partial charge in [-0.2, -0.15) is 5.10 Å². The zero-order valence-electron chi connectivity index (χ0n) is 18.7. The lowest BCUT2D eigenvalue weighted by molar-refractivity contribution is -0.131. The van der Waals surface area contributed by atoms with Crippen molar-refractivity contribution in [2.75, 3.05) is 7.11 Å². The minimum Gasteiger partial charge on any atom is -0.497 e. The van der Waals surface area contributed by atoms with Crippen LogP contribution in [-0.4, -0.2) is 34.2 Å². The van der Waals surface area contributed by atoms with Crippen LogP contribution in [0.5, 0.6) is 5.75 Å². The molecule has 1 aliphatic carbocycles. The molecule has 1 atom stereocenters. The van der Waals surface area contributed by atoms with Gasteiger partial charge in [0.1, 0.15) is 11.4 Å². The molecule has 0 radical (unpaired) electrons. The SMILES string of the molecule is COc1ccc(-n2ncc3c2CC(C)(C)C[C@@H]3NC(=O)C2=CC(=O)CC(C)(C)O2)cc1. The van der Waals surface area contributed by atoms with Crippen molar-refractivity contribution in [3.8, 4) is 11.4 Å². The molecule has 1 amide bonds. The van der Waals surface area contributed by atoms with Crippen molar-refractivity contribution in [2.24, 2.45) is 5.41 Å². The van der Waals surface area contributed by atoms with E-state index >= 15 is 0 Å². The Bertz CT molecular complexity index is 1050. The van der Waals surface area contributed by atoms with Crippen LogP contribution >= 0.6 is 0 Å². The normalized spacial score (nSPS) is 21.5. The van der Waals surface area contributed by atoms with E-state index in [2.05, 4.69) is 24.3 Å². The summed E-state index contributed by atoms with van der Waals surface area (Å²) in [5.41, 5.74) is 2.28. The molecule has 0 unspecified atom stereocenters. The molecule has 2 aromatic rings. The minimum absolute atomic E-state index is 0.0356. The number of hydrogen-bond donors (Lipinski definition) is 1. The lowest BCUT2D eigenvalue weighted by atomic mass is 9.74. The summed E-state index contributed by atoms with van der Waals surface area (Å²) < 4.78 is 13.0. The number of amides is 1. The Morgan fingerprint density at radius 2 is 1.90 bits per heavy atom. The third kappa shape index (κ3) is 4.36. The van der Waals surface area contributed by atoms with E-state index < -0.39 is 5.60 Å². The molecule has 0 bridgehead atoms. The Kier molecular flexibility index (Phi) is 5.15. The van der Waals surface area contributed by atoms with Crippen LogP contribution < -0.4 is 10.1 Å². The number of allylic oxidation sites excluding steroid dienone is 1. The van der Waals surface area contributed by atoms with Gasteiger partial charge in [-0.3, -0.25) is 9.59 Å². The van der Waals surface area contributed by atoms with Crippen molar-refractivity contribution in [3.05, 3.63) is 53.6 Å². The highest BCUT2D eigenvalue weighted by Gasteiger charge is 2.38. The maximum atomic E-state index is 13.0. The first-order valence-corrected chi connectivity index (χ1v) is 10.5. The van der Waals surface area contributed by atoms with E-state index in [0.717, 1.165) is 35.5 Å². The summed E-state index contributed by atoms with van der Waals surface area (Å²) in [5, 5.41) is 7.70. The Balaban J connectivity index is 1.63. The van der Waals surface area contributed by atoms with Gasteiger partial charge in [0.05, 0.1) is 30.7 Å². The van der Waals surface area contributed by atoms with E-state index in [4.69, 9.17) is 9.47 Å². The zero-order valence-corrected chi connectivity index (χ0v) is 18.7. The van der Waals surface area contributed by atoms with Gasteiger partial charge in [0.25, 0.3) is 5.91 Å². The number of fused-ring (bicyclic) bond motifs is 1. The Hall–Kier alpha value is -3.09. The fraction of sp³-hybridized carbons (Fsp3) is 0.458. The molecule has 0 spiro atoms. The van der Waals surface area contributed by atoms with Crippen molar-refractivity contribution in [1.29, 1.82) is 0 Å². The molecular weight excluding hydrogens is 394 g/mol. The predicted molar refractivity (Wildman–Crippen MR) is 116 cm³/mol. The molecule has 164 valence electrons. The standard InChI is InChI=1S/C24H29N3O4/c1-23(2)12-19(26-22(29)21-10-16(28)11-24(3,4)31-21)18-14-25-27(20(18)13-23)15-6-8-17(30-5)9-7-15/h6-10,14,19H,11-13H2,1-5H3,(H,26,29)/t19-/m0/s1. The number of nitrogens with one attached hydrogen (secondary N) is 1. The molecule has 0 saturated carbocycles. The Labute approximate surface area is 182 Å². The third-order valence-corrected chi connectivity index (χ3v) is 5.80. The van der Waals surface area contributed by atoms with Crippen LogP contribution in [0.2, 0.25) is 0 Å². The Morgan fingerprint density at radius 1 is 1.19 bits per heavy atom. The molecular formula is C24H29N3O4. The summed E-state index contributed by atoms with van der Waals surface area (Å²) in [6, 6.07) is 7.53. The molecule has 1 aromatic carbocycles. The van der Waals surface area contributed by atoms with E-state index in [-0.39, 0.29) is 35.3 Å². The average molecular weight is 424 g/mol. The number of benzene rings is 1. The number of carbonyl (C=O) groups excluding carboxylic acids is 2. The highest BCUT2D eigenvalue weighted by atomic mass is 16.5. The second kappa shape index (κ2) is 7.55. The van der Waals surface area contributed by atoms with Gasteiger partial charge in [-0.1, -0.05) is 13.8 Å². The molecule has 4 rings (SSSR count). The van der Waals surface area contributed by atoms with E-state index in [1.54, 1.807) is 7.11 Å². The fourth-order valence-electron chi connectivity index (χ4n) is 4.44. The molecule has 31 heavy (non-hydrogen) atoms. The number of nitrogens with zero attached hydrogens (tertiary/aromatic N) is 2. The van der Waals surface area contributed by atoms with Gasteiger partial charge >= 0.3 is 0 Å². The molecule has 0 saturated heterocycles. The number of carbonyl (C=O) groups is 2. The first-order chi connectivity index (χ1) is 14.6.